The van der Waals surface area contributed by atoms with E-state index in [0.29, 0.717) is 31.5 Å². The summed E-state index contributed by atoms with van der Waals surface area (Å²) in [6.45, 7) is 5.75. The molecule has 1 atom stereocenters. The number of anilines is 1. The van der Waals surface area contributed by atoms with Crippen molar-refractivity contribution in [1.82, 2.24) is 25.0 Å². The minimum atomic E-state index is -0.0579. The summed E-state index contributed by atoms with van der Waals surface area (Å²) >= 11 is 3.16. The molecular weight excluding hydrogens is 432 g/mol. The Morgan fingerprint density at radius 2 is 1.87 bits per heavy atom. The highest BCUT2D eigenvalue weighted by Crippen LogP contribution is 2.36. The number of benzene rings is 1. The van der Waals surface area contributed by atoms with Gasteiger partial charge in [-0.05, 0) is 23.9 Å². The van der Waals surface area contributed by atoms with E-state index < -0.39 is 0 Å². The molecule has 1 aliphatic heterocycles. The number of ether oxygens (including phenoxy) is 1. The first kappa shape index (κ1) is 20.2. The van der Waals surface area contributed by atoms with Crippen molar-refractivity contribution in [2.24, 2.45) is 0 Å². The fourth-order valence-electron chi connectivity index (χ4n) is 3.38. The van der Waals surface area contributed by atoms with Gasteiger partial charge in [-0.1, -0.05) is 48.2 Å². The quantitative estimate of drug-likeness (QED) is 0.386. The summed E-state index contributed by atoms with van der Waals surface area (Å²) < 4.78 is 13.6. The zero-order valence-electron chi connectivity index (χ0n) is 17.0. The Labute approximate surface area is 188 Å². The number of rotatable bonds is 7. The number of thioether (sulfide) groups is 1. The summed E-state index contributed by atoms with van der Waals surface area (Å²) in [4.78, 5) is 3.20. The smallest absolute Gasteiger partial charge is 0.257 e. The van der Waals surface area contributed by atoms with E-state index in [1.165, 1.54) is 5.56 Å². The maximum absolute atomic E-state index is 5.93. The normalized spacial score (nSPS) is 15.3. The van der Waals surface area contributed by atoms with E-state index in [1.807, 2.05) is 42.6 Å². The summed E-state index contributed by atoms with van der Waals surface area (Å²) in [5, 5.41) is 20.3. The number of hydrogen-bond donors (Lipinski definition) is 0. The predicted octanol–water partition coefficient (Wildman–Crippen LogP) is 4.13. The van der Waals surface area contributed by atoms with Gasteiger partial charge >= 0.3 is 0 Å². The van der Waals surface area contributed by atoms with Gasteiger partial charge in [-0.15, -0.1) is 31.7 Å². The van der Waals surface area contributed by atoms with Crippen LogP contribution in [-0.4, -0.2) is 51.3 Å². The topological polar surface area (TPSA) is 82.1 Å². The third kappa shape index (κ3) is 4.51. The molecule has 3 aromatic heterocycles. The maximum atomic E-state index is 5.93. The Balaban J connectivity index is 1.40. The van der Waals surface area contributed by atoms with Crippen molar-refractivity contribution < 1.29 is 9.15 Å². The Kier molecular flexibility index (Phi) is 6.01. The van der Waals surface area contributed by atoms with Gasteiger partial charge in [-0.2, -0.15) is 0 Å². The molecule has 4 heterocycles. The van der Waals surface area contributed by atoms with Crippen LogP contribution in [0.4, 0.5) is 5.95 Å². The Hall–Kier alpha value is -2.69. The lowest BCUT2D eigenvalue weighted by Crippen LogP contribution is -2.38. The van der Waals surface area contributed by atoms with Crippen LogP contribution in [0.1, 0.15) is 23.6 Å². The predicted molar refractivity (Wildman–Crippen MR) is 120 cm³/mol. The highest BCUT2D eigenvalue weighted by molar-refractivity contribution is 7.99. The average molecular weight is 455 g/mol. The van der Waals surface area contributed by atoms with E-state index in [2.05, 4.69) is 42.0 Å². The van der Waals surface area contributed by atoms with Gasteiger partial charge in [0.1, 0.15) is 0 Å². The molecular formula is C21H22N6O2S2. The van der Waals surface area contributed by atoms with Gasteiger partial charge in [0.15, 0.2) is 5.16 Å². The summed E-state index contributed by atoms with van der Waals surface area (Å²) in [6, 6.07) is 14.3. The van der Waals surface area contributed by atoms with Crippen LogP contribution in [0.2, 0.25) is 0 Å². The second kappa shape index (κ2) is 9.21. The molecule has 1 aromatic carbocycles. The number of thiophene rings is 1. The molecule has 5 rings (SSSR count). The van der Waals surface area contributed by atoms with Crippen molar-refractivity contribution in [2.75, 3.05) is 31.2 Å². The van der Waals surface area contributed by atoms with E-state index in [0.717, 1.165) is 29.1 Å². The lowest BCUT2D eigenvalue weighted by molar-refractivity contribution is 0.121. The number of nitrogens with zero attached hydrogens (tertiary/aromatic N) is 6. The van der Waals surface area contributed by atoms with Gasteiger partial charge in [0.25, 0.3) is 5.89 Å². The molecule has 1 fully saturated rings. The van der Waals surface area contributed by atoms with Crippen LogP contribution in [0.25, 0.3) is 10.8 Å². The van der Waals surface area contributed by atoms with Gasteiger partial charge in [0.05, 0.1) is 29.9 Å². The average Bonchev–Trinajstić information content (AvgIpc) is 3.57. The minimum absolute atomic E-state index is 0.0579. The van der Waals surface area contributed by atoms with Crippen LogP contribution in [0.15, 0.2) is 57.4 Å². The van der Waals surface area contributed by atoms with E-state index in [4.69, 9.17) is 9.15 Å². The zero-order valence-corrected chi connectivity index (χ0v) is 18.7. The second-order valence-electron chi connectivity index (χ2n) is 7.14. The Morgan fingerprint density at radius 3 is 2.65 bits per heavy atom. The molecule has 4 aromatic rings. The van der Waals surface area contributed by atoms with Crippen molar-refractivity contribution in [1.29, 1.82) is 0 Å². The molecule has 31 heavy (non-hydrogen) atoms. The number of morpholine rings is 1. The van der Waals surface area contributed by atoms with Gasteiger partial charge in [0.2, 0.25) is 11.8 Å². The molecule has 0 radical (unpaired) electrons. The van der Waals surface area contributed by atoms with Crippen molar-refractivity contribution in [3.8, 4) is 10.8 Å². The molecule has 1 saturated heterocycles. The van der Waals surface area contributed by atoms with Crippen molar-refractivity contribution in [2.45, 2.75) is 23.9 Å². The number of aromatic nitrogens is 5. The van der Waals surface area contributed by atoms with E-state index in [1.54, 1.807) is 23.1 Å². The van der Waals surface area contributed by atoms with Gasteiger partial charge in [-0.3, -0.25) is 4.57 Å². The minimum Gasteiger partial charge on any atom is -0.419 e. The van der Waals surface area contributed by atoms with Crippen LogP contribution in [0.3, 0.4) is 0 Å². The molecule has 0 N–H and O–H groups in total. The standard InChI is InChI=1S/C21H22N6O2S2/c1-15(18-22-23-19(29-18)17-8-5-13-30-17)31-21-25-24-20(26-9-11-28-12-10-26)27(21)14-16-6-3-2-4-7-16/h2-8,13,15H,9-12,14H2,1H3/t15-/m1/s1. The highest BCUT2D eigenvalue weighted by atomic mass is 32.2. The number of hydrogen-bond acceptors (Lipinski definition) is 9. The lowest BCUT2D eigenvalue weighted by atomic mass is 10.2. The third-order valence-electron chi connectivity index (χ3n) is 4.98. The van der Waals surface area contributed by atoms with E-state index in [9.17, 15) is 0 Å². The Morgan fingerprint density at radius 1 is 1.03 bits per heavy atom. The molecule has 0 unspecified atom stereocenters. The fraction of sp³-hybridized carbons (Fsp3) is 0.333. The van der Waals surface area contributed by atoms with Crippen molar-refractivity contribution in [3.63, 3.8) is 0 Å². The van der Waals surface area contributed by atoms with Crippen molar-refractivity contribution >= 4 is 29.0 Å². The van der Waals surface area contributed by atoms with Gasteiger partial charge in [0, 0.05) is 13.1 Å². The summed E-state index contributed by atoms with van der Waals surface area (Å²) in [5.41, 5.74) is 1.20. The third-order valence-corrected chi connectivity index (χ3v) is 6.90. The maximum Gasteiger partial charge on any atom is 0.257 e. The zero-order chi connectivity index (χ0) is 21.0. The first-order valence-corrected chi connectivity index (χ1v) is 11.9. The van der Waals surface area contributed by atoms with Crippen LogP contribution in [0.5, 0.6) is 0 Å². The molecule has 0 aliphatic carbocycles. The summed E-state index contributed by atoms with van der Waals surface area (Å²) in [6.07, 6.45) is 0. The molecule has 0 bridgehead atoms. The largest absolute Gasteiger partial charge is 0.419 e. The van der Waals surface area contributed by atoms with E-state index in [-0.39, 0.29) is 5.25 Å². The summed E-state index contributed by atoms with van der Waals surface area (Å²) in [7, 11) is 0. The lowest BCUT2D eigenvalue weighted by Gasteiger charge is -2.28. The van der Waals surface area contributed by atoms with Crippen LogP contribution in [-0.2, 0) is 11.3 Å². The summed E-state index contributed by atoms with van der Waals surface area (Å²) in [5.74, 6) is 2.00. The first-order chi connectivity index (χ1) is 15.3. The molecule has 0 saturated carbocycles. The van der Waals surface area contributed by atoms with Gasteiger partial charge in [-0.25, -0.2) is 0 Å². The molecule has 10 heteroatoms. The van der Waals surface area contributed by atoms with E-state index >= 15 is 0 Å². The second-order valence-corrected chi connectivity index (χ2v) is 9.39. The first-order valence-electron chi connectivity index (χ1n) is 10.1. The van der Waals surface area contributed by atoms with Crippen molar-refractivity contribution in [3.05, 3.63) is 59.3 Å². The Bertz CT molecular complexity index is 1110. The molecule has 8 nitrogen and oxygen atoms in total. The van der Waals surface area contributed by atoms with Crippen LogP contribution < -0.4 is 4.90 Å². The molecule has 160 valence electrons. The van der Waals surface area contributed by atoms with Crippen LogP contribution in [0, 0.1) is 0 Å². The molecule has 0 amide bonds. The molecule has 1 aliphatic rings. The highest BCUT2D eigenvalue weighted by Gasteiger charge is 2.24. The SMILES string of the molecule is C[C@@H](Sc1nnc(N2CCOCC2)n1Cc1ccccc1)c1nnc(-c2cccs2)o1. The van der Waals surface area contributed by atoms with Crippen LogP contribution >= 0.6 is 23.1 Å². The monoisotopic (exact) mass is 454 g/mol. The fourth-order valence-corrected chi connectivity index (χ4v) is 4.89. The molecule has 0 spiro atoms. The van der Waals surface area contributed by atoms with Gasteiger partial charge < -0.3 is 14.1 Å².